The summed E-state index contributed by atoms with van der Waals surface area (Å²) in [7, 11) is 3.36. The van der Waals surface area contributed by atoms with Gasteiger partial charge in [0.1, 0.15) is 5.75 Å². The van der Waals surface area contributed by atoms with Crippen molar-refractivity contribution < 1.29 is 9.47 Å². The Balaban J connectivity index is 2.25. The van der Waals surface area contributed by atoms with E-state index in [2.05, 4.69) is 25.6 Å². The molecule has 0 fully saturated rings. The topological polar surface area (TPSA) is 81.2 Å². The fraction of sp³-hybridized carbons (Fsp3) is 0.357. The lowest BCUT2D eigenvalue weighted by Gasteiger charge is -2.11. The quantitative estimate of drug-likeness (QED) is 0.810. The zero-order chi connectivity index (χ0) is 15.1. The third-order valence-electron chi connectivity index (χ3n) is 2.63. The Morgan fingerprint density at radius 1 is 1.10 bits per heavy atom. The summed E-state index contributed by atoms with van der Waals surface area (Å²) in [6.07, 6.45) is 0.885. The SMILES string of the molecule is CCCOc1nc(NC)nc(Nc2ccccc2OC)n1. The summed E-state index contributed by atoms with van der Waals surface area (Å²) in [5, 5.41) is 5.99. The molecule has 0 atom stereocenters. The van der Waals surface area contributed by atoms with Crippen molar-refractivity contribution >= 4 is 17.6 Å². The Morgan fingerprint density at radius 2 is 1.86 bits per heavy atom. The molecule has 0 aliphatic rings. The zero-order valence-corrected chi connectivity index (χ0v) is 12.4. The number of ether oxygens (including phenoxy) is 2. The second-order valence-corrected chi connectivity index (χ2v) is 4.19. The molecular formula is C14H19N5O2. The lowest BCUT2D eigenvalue weighted by Crippen LogP contribution is -2.08. The fourth-order valence-corrected chi connectivity index (χ4v) is 1.65. The number of hydrogen-bond donors (Lipinski definition) is 2. The second kappa shape index (κ2) is 7.28. The molecule has 7 heteroatoms. The van der Waals surface area contributed by atoms with Gasteiger partial charge in [0, 0.05) is 7.05 Å². The predicted octanol–water partition coefficient (Wildman–Crippen LogP) is 2.45. The van der Waals surface area contributed by atoms with E-state index in [1.807, 2.05) is 31.2 Å². The van der Waals surface area contributed by atoms with Crippen LogP contribution >= 0.6 is 0 Å². The molecular weight excluding hydrogens is 270 g/mol. The maximum absolute atomic E-state index is 5.46. The standard InChI is InChI=1S/C14H19N5O2/c1-4-9-21-14-18-12(15-2)17-13(19-14)16-10-7-5-6-8-11(10)20-3/h5-8H,4,9H2,1-3H3,(H2,15,16,17,18,19). The average Bonchev–Trinajstić information content (AvgIpc) is 2.53. The van der Waals surface area contributed by atoms with Gasteiger partial charge >= 0.3 is 6.01 Å². The summed E-state index contributed by atoms with van der Waals surface area (Å²) in [6, 6.07) is 7.82. The molecule has 1 heterocycles. The van der Waals surface area contributed by atoms with E-state index in [0.717, 1.165) is 12.1 Å². The highest BCUT2D eigenvalue weighted by atomic mass is 16.5. The van der Waals surface area contributed by atoms with Gasteiger partial charge in [-0.15, -0.1) is 0 Å². The zero-order valence-electron chi connectivity index (χ0n) is 12.4. The lowest BCUT2D eigenvalue weighted by atomic mass is 10.3. The molecule has 0 saturated heterocycles. The molecule has 0 saturated carbocycles. The molecule has 0 aliphatic carbocycles. The highest BCUT2D eigenvalue weighted by Gasteiger charge is 2.09. The summed E-state index contributed by atoms with van der Waals surface area (Å²) in [5.74, 6) is 1.54. The Bertz CT molecular complexity index is 591. The van der Waals surface area contributed by atoms with Gasteiger partial charge in [0.25, 0.3) is 0 Å². The van der Waals surface area contributed by atoms with E-state index in [1.165, 1.54) is 0 Å². The van der Waals surface area contributed by atoms with Crippen molar-refractivity contribution in [2.45, 2.75) is 13.3 Å². The van der Waals surface area contributed by atoms with E-state index in [1.54, 1.807) is 14.2 Å². The molecule has 7 nitrogen and oxygen atoms in total. The van der Waals surface area contributed by atoms with E-state index in [-0.39, 0.29) is 6.01 Å². The van der Waals surface area contributed by atoms with Crippen LogP contribution in [0.3, 0.4) is 0 Å². The molecule has 1 aromatic carbocycles. The van der Waals surface area contributed by atoms with Gasteiger partial charge in [-0.25, -0.2) is 0 Å². The number of rotatable bonds is 7. The summed E-state index contributed by atoms with van der Waals surface area (Å²) in [6.45, 7) is 2.58. The van der Waals surface area contributed by atoms with Crippen LogP contribution in [0.1, 0.15) is 13.3 Å². The normalized spacial score (nSPS) is 10.0. The highest BCUT2D eigenvalue weighted by Crippen LogP contribution is 2.26. The Kier molecular flexibility index (Phi) is 5.14. The third kappa shape index (κ3) is 3.95. The first-order chi connectivity index (χ1) is 10.3. The lowest BCUT2D eigenvalue weighted by molar-refractivity contribution is 0.292. The molecule has 2 aromatic rings. The van der Waals surface area contributed by atoms with Gasteiger partial charge in [-0.1, -0.05) is 19.1 Å². The minimum atomic E-state index is 0.286. The van der Waals surface area contributed by atoms with Crippen LogP contribution in [0.5, 0.6) is 11.8 Å². The van der Waals surface area contributed by atoms with Gasteiger partial charge in [0.15, 0.2) is 0 Å². The van der Waals surface area contributed by atoms with Gasteiger partial charge in [-0.3, -0.25) is 0 Å². The van der Waals surface area contributed by atoms with Crippen LogP contribution < -0.4 is 20.1 Å². The summed E-state index contributed by atoms with van der Waals surface area (Å²) in [5.41, 5.74) is 0.773. The van der Waals surface area contributed by atoms with Crippen LogP contribution in [0.4, 0.5) is 17.6 Å². The first-order valence-corrected chi connectivity index (χ1v) is 6.73. The van der Waals surface area contributed by atoms with Crippen LogP contribution in [0.2, 0.25) is 0 Å². The number of aromatic nitrogens is 3. The summed E-state index contributed by atoms with van der Waals surface area (Å²) < 4.78 is 10.7. The Morgan fingerprint density at radius 3 is 2.57 bits per heavy atom. The number of para-hydroxylation sites is 2. The van der Waals surface area contributed by atoms with Crippen molar-refractivity contribution in [1.29, 1.82) is 0 Å². The van der Waals surface area contributed by atoms with Gasteiger partial charge in [-0.2, -0.15) is 15.0 Å². The van der Waals surface area contributed by atoms with E-state index in [9.17, 15) is 0 Å². The van der Waals surface area contributed by atoms with E-state index < -0.39 is 0 Å². The van der Waals surface area contributed by atoms with Crippen molar-refractivity contribution in [1.82, 2.24) is 15.0 Å². The molecule has 0 aliphatic heterocycles. The first kappa shape index (κ1) is 14.8. The van der Waals surface area contributed by atoms with Crippen molar-refractivity contribution in [2.24, 2.45) is 0 Å². The number of nitrogens with zero attached hydrogens (tertiary/aromatic N) is 3. The predicted molar refractivity (Wildman–Crippen MR) is 81.4 cm³/mol. The van der Waals surface area contributed by atoms with Gasteiger partial charge in [0.2, 0.25) is 11.9 Å². The summed E-state index contributed by atoms with van der Waals surface area (Å²) in [4.78, 5) is 12.6. The van der Waals surface area contributed by atoms with Crippen LogP contribution in [0.15, 0.2) is 24.3 Å². The molecule has 0 bridgehead atoms. The molecule has 2 N–H and O–H groups in total. The Hall–Kier alpha value is -2.57. The highest BCUT2D eigenvalue weighted by molar-refractivity contribution is 5.62. The van der Waals surface area contributed by atoms with Crippen LogP contribution in [0, 0.1) is 0 Å². The average molecular weight is 289 g/mol. The van der Waals surface area contributed by atoms with Crippen LogP contribution in [-0.4, -0.2) is 35.7 Å². The van der Waals surface area contributed by atoms with Crippen molar-refractivity contribution in [3.63, 3.8) is 0 Å². The maximum Gasteiger partial charge on any atom is 0.323 e. The number of methoxy groups -OCH3 is 1. The monoisotopic (exact) mass is 289 g/mol. The van der Waals surface area contributed by atoms with Gasteiger partial charge in [0.05, 0.1) is 19.4 Å². The van der Waals surface area contributed by atoms with Crippen molar-refractivity contribution in [3.05, 3.63) is 24.3 Å². The largest absolute Gasteiger partial charge is 0.495 e. The van der Waals surface area contributed by atoms with Gasteiger partial charge < -0.3 is 20.1 Å². The molecule has 112 valence electrons. The molecule has 21 heavy (non-hydrogen) atoms. The molecule has 2 rings (SSSR count). The van der Waals surface area contributed by atoms with Gasteiger partial charge in [-0.05, 0) is 18.6 Å². The fourth-order valence-electron chi connectivity index (χ4n) is 1.65. The number of anilines is 3. The van der Waals surface area contributed by atoms with Crippen molar-refractivity contribution in [3.8, 4) is 11.8 Å². The van der Waals surface area contributed by atoms with Crippen LogP contribution in [0.25, 0.3) is 0 Å². The molecule has 1 aromatic heterocycles. The second-order valence-electron chi connectivity index (χ2n) is 4.19. The first-order valence-electron chi connectivity index (χ1n) is 6.73. The number of nitrogens with one attached hydrogen (secondary N) is 2. The number of hydrogen-bond acceptors (Lipinski definition) is 7. The molecule has 0 spiro atoms. The maximum atomic E-state index is 5.46. The Labute approximate surface area is 123 Å². The number of benzene rings is 1. The molecule has 0 radical (unpaired) electrons. The van der Waals surface area contributed by atoms with E-state index in [0.29, 0.717) is 24.3 Å². The minimum absolute atomic E-state index is 0.286. The van der Waals surface area contributed by atoms with Crippen LogP contribution in [-0.2, 0) is 0 Å². The van der Waals surface area contributed by atoms with Crippen molar-refractivity contribution in [2.75, 3.05) is 31.4 Å². The van der Waals surface area contributed by atoms with E-state index >= 15 is 0 Å². The van der Waals surface area contributed by atoms with E-state index in [4.69, 9.17) is 9.47 Å². The smallest absolute Gasteiger partial charge is 0.323 e. The molecule has 0 amide bonds. The molecule has 0 unspecified atom stereocenters. The third-order valence-corrected chi connectivity index (χ3v) is 2.63. The summed E-state index contributed by atoms with van der Waals surface area (Å²) >= 11 is 0. The minimum Gasteiger partial charge on any atom is -0.495 e.